The van der Waals surface area contributed by atoms with Crippen LogP contribution in [0.15, 0.2) is 17.3 Å². The van der Waals surface area contributed by atoms with Gasteiger partial charge in [-0.1, -0.05) is 19.9 Å². The minimum atomic E-state index is -4.33. The number of hydrogen-bond acceptors (Lipinski definition) is 2. The lowest BCUT2D eigenvalue weighted by molar-refractivity contribution is -0.0602. The third-order valence-corrected chi connectivity index (χ3v) is 1.68. The Morgan fingerprint density at radius 3 is 2.43 bits per heavy atom. The van der Waals surface area contributed by atoms with Crippen LogP contribution in [0.3, 0.4) is 0 Å². The van der Waals surface area contributed by atoms with Crippen molar-refractivity contribution in [3.05, 3.63) is 12.3 Å². The summed E-state index contributed by atoms with van der Waals surface area (Å²) in [6, 6.07) is 0. The second kappa shape index (κ2) is 5.80. The molecule has 14 heavy (non-hydrogen) atoms. The summed E-state index contributed by atoms with van der Waals surface area (Å²) >= 11 is 0. The number of rotatable bonds is 4. The van der Waals surface area contributed by atoms with Crippen LogP contribution in [0.1, 0.15) is 20.3 Å². The quantitative estimate of drug-likeness (QED) is 0.708. The Labute approximate surface area is 81.7 Å². The van der Waals surface area contributed by atoms with Crippen LogP contribution in [0, 0.1) is 5.92 Å². The zero-order valence-corrected chi connectivity index (χ0v) is 8.30. The number of aliphatic imine (C=N–C) groups is 1. The highest BCUT2D eigenvalue weighted by Crippen LogP contribution is 2.19. The molecule has 1 atom stereocenters. The van der Waals surface area contributed by atoms with Crippen LogP contribution in [0.2, 0.25) is 0 Å². The molecule has 0 aromatic rings. The van der Waals surface area contributed by atoms with E-state index in [1.165, 1.54) is 13.1 Å². The maximum Gasteiger partial charge on any atom is 0.429 e. The van der Waals surface area contributed by atoms with Crippen molar-refractivity contribution in [3.8, 4) is 0 Å². The van der Waals surface area contributed by atoms with Gasteiger partial charge in [-0.25, -0.2) is 0 Å². The summed E-state index contributed by atoms with van der Waals surface area (Å²) < 4.78 is 36.4. The third-order valence-electron chi connectivity index (χ3n) is 1.68. The van der Waals surface area contributed by atoms with Crippen LogP contribution in [0.5, 0.6) is 0 Å². The zero-order chi connectivity index (χ0) is 11.2. The molecular formula is C9H15F3N2. The van der Waals surface area contributed by atoms with Crippen molar-refractivity contribution in [2.75, 3.05) is 6.54 Å². The highest BCUT2D eigenvalue weighted by atomic mass is 19.4. The molecular weight excluding hydrogens is 193 g/mol. The van der Waals surface area contributed by atoms with Crippen LogP contribution in [0.25, 0.3) is 0 Å². The summed E-state index contributed by atoms with van der Waals surface area (Å²) in [6.45, 7) is 3.64. The first-order valence-corrected chi connectivity index (χ1v) is 4.42. The van der Waals surface area contributed by atoms with E-state index in [2.05, 4.69) is 4.99 Å². The van der Waals surface area contributed by atoms with Crippen LogP contribution in [-0.2, 0) is 0 Å². The molecule has 0 heterocycles. The molecule has 1 unspecified atom stereocenters. The summed E-state index contributed by atoms with van der Waals surface area (Å²) in [6.07, 6.45) is -1.72. The van der Waals surface area contributed by atoms with Gasteiger partial charge in [-0.15, -0.1) is 0 Å². The molecule has 2 N–H and O–H groups in total. The van der Waals surface area contributed by atoms with Gasteiger partial charge >= 0.3 is 6.18 Å². The van der Waals surface area contributed by atoms with Crippen LogP contribution in [-0.4, -0.2) is 18.4 Å². The second-order valence-electron chi connectivity index (χ2n) is 2.98. The van der Waals surface area contributed by atoms with Gasteiger partial charge in [-0.2, -0.15) is 13.2 Å². The molecule has 0 radical (unpaired) electrons. The maximum atomic E-state index is 12.1. The van der Waals surface area contributed by atoms with E-state index in [9.17, 15) is 13.2 Å². The standard InChI is InChI=1S/C9H15F3N2/c1-3-8(9(10,11)12)14-5-4-7(2)6-13/h4-5,7H,3,6,13H2,1-2H3/b5-4-,14-8?. The van der Waals surface area contributed by atoms with Crippen molar-refractivity contribution in [3.63, 3.8) is 0 Å². The average molecular weight is 208 g/mol. The molecule has 0 saturated heterocycles. The van der Waals surface area contributed by atoms with Gasteiger partial charge in [0.1, 0.15) is 5.71 Å². The first-order chi connectivity index (χ1) is 6.41. The van der Waals surface area contributed by atoms with E-state index in [1.807, 2.05) is 6.92 Å². The molecule has 0 aliphatic heterocycles. The lowest BCUT2D eigenvalue weighted by Gasteiger charge is -2.06. The van der Waals surface area contributed by atoms with Crippen molar-refractivity contribution in [1.29, 1.82) is 0 Å². The second-order valence-corrected chi connectivity index (χ2v) is 2.98. The van der Waals surface area contributed by atoms with Crippen molar-refractivity contribution in [2.24, 2.45) is 16.6 Å². The molecule has 0 saturated carbocycles. The molecule has 0 spiro atoms. The van der Waals surface area contributed by atoms with Gasteiger partial charge in [0.2, 0.25) is 0 Å². The largest absolute Gasteiger partial charge is 0.429 e. The van der Waals surface area contributed by atoms with Gasteiger partial charge in [-0.3, -0.25) is 4.99 Å². The summed E-state index contributed by atoms with van der Waals surface area (Å²) in [5, 5.41) is 0. The Morgan fingerprint density at radius 2 is 2.07 bits per heavy atom. The smallest absolute Gasteiger partial charge is 0.330 e. The summed E-state index contributed by atoms with van der Waals surface area (Å²) in [5.41, 5.74) is 4.52. The first kappa shape index (κ1) is 13.2. The summed E-state index contributed by atoms with van der Waals surface area (Å²) in [4.78, 5) is 3.36. The van der Waals surface area contributed by atoms with Crippen LogP contribution >= 0.6 is 0 Å². The molecule has 0 aliphatic carbocycles. The Morgan fingerprint density at radius 1 is 1.50 bits per heavy atom. The molecule has 0 fully saturated rings. The maximum absolute atomic E-state index is 12.1. The van der Waals surface area contributed by atoms with E-state index in [4.69, 9.17) is 5.73 Å². The highest BCUT2D eigenvalue weighted by Gasteiger charge is 2.33. The third kappa shape index (κ3) is 5.01. The van der Waals surface area contributed by atoms with E-state index >= 15 is 0 Å². The van der Waals surface area contributed by atoms with E-state index < -0.39 is 11.9 Å². The number of hydrogen-bond donors (Lipinski definition) is 1. The van der Waals surface area contributed by atoms with Gasteiger partial charge in [0.25, 0.3) is 0 Å². The van der Waals surface area contributed by atoms with Crippen molar-refractivity contribution in [1.82, 2.24) is 0 Å². The van der Waals surface area contributed by atoms with Gasteiger partial charge in [-0.05, 0) is 18.9 Å². The number of nitrogens with two attached hydrogens (primary N) is 1. The van der Waals surface area contributed by atoms with Gasteiger partial charge in [0.15, 0.2) is 0 Å². The molecule has 82 valence electrons. The zero-order valence-electron chi connectivity index (χ0n) is 8.30. The monoisotopic (exact) mass is 208 g/mol. The predicted octanol–water partition coefficient (Wildman–Crippen LogP) is 2.51. The molecule has 0 aliphatic rings. The Balaban J connectivity index is 4.40. The Bertz CT molecular complexity index is 219. The van der Waals surface area contributed by atoms with Crippen molar-refractivity contribution < 1.29 is 13.2 Å². The lowest BCUT2D eigenvalue weighted by atomic mass is 10.2. The predicted molar refractivity (Wildman–Crippen MR) is 51.1 cm³/mol. The molecule has 5 heteroatoms. The van der Waals surface area contributed by atoms with Gasteiger partial charge in [0.05, 0.1) is 0 Å². The number of nitrogens with zero attached hydrogens (tertiary/aromatic N) is 1. The van der Waals surface area contributed by atoms with Gasteiger partial charge < -0.3 is 5.73 Å². The SMILES string of the molecule is CCC(=N/C=C\C(C)CN)C(F)(F)F. The molecule has 0 aromatic heterocycles. The van der Waals surface area contributed by atoms with E-state index in [-0.39, 0.29) is 12.3 Å². The van der Waals surface area contributed by atoms with E-state index in [0.717, 1.165) is 0 Å². The van der Waals surface area contributed by atoms with E-state index in [1.54, 1.807) is 6.08 Å². The van der Waals surface area contributed by atoms with Crippen LogP contribution in [0.4, 0.5) is 13.2 Å². The summed E-state index contributed by atoms with van der Waals surface area (Å²) in [5.74, 6) is 0.0464. The average Bonchev–Trinajstić information content (AvgIpc) is 2.09. The molecule has 0 aromatic carbocycles. The van der Waals surface area contributed by atoms with Gasteiger partial charge in [0, 0.05) is 6.20 Å². The molecule has 0 amide bonds. The molecule has 0 rings (SSSR count). The lowest BCUT2D eigenvalue weighted by Crippen LogP contribution is -2.21. The first-order valence-electron chi connectivity index (χ1n) is 4.42. The topological polar surface area (TPSA) is 38.4 Å². The van der Waals surface area contributed by atoms with Crippen LogP contribution < -0.4 is 5.73 Å². The fraction of sp³-hybridized carbons (Fsp3) is 0.667. The van der Waals surface area contributed by atoms with Crippen molar-refractivity contribution in [2.45, 2.75) is 26.4 Å². The number of alkyl halides is 3. The normalized spacial score (nSPS) is 16.3. The fourth-order valence-corrected chi connectivity index (χ4v) is 0.723. The highest BCUT2D eigenvalue weighted by molar-refractivity contribution is 5.89. The molecule has 2 nitrogen and oxygen atoms in total. The Hall–Kier alpha value is -0.840. The number of halogens is 3. The minimum absolute atomic E-state index is 0.0464. The Kier molecular flexibility index (Phi) is 5.45. The van der Waals surface area contributed by atoms with Crippen molar-refractivity contribution >= 4 is 5.71 Å². The van der Waals surface area contributed by atoms with E-state index in [0.29, 0.717) is 6.54 Å². The molecule has 0 bridgehead atoms. The minimum Gasteiger partial charge on any atom is -0.330 e. The fourth-order valence-electron chi connectivity index (χ4n) is 0.723. The summed E-state index contributed by atoms with van der Waals surface area (Å²) in [7, 11) is 0.